The van der Waals surface area contributed by atoms with E-state index in [0.717, 1.165) is 56.9 Å². The Labute approximate surface area is 182 Å². The standard InChI is InChI=1S/C24H24Br2O2/c1-3-5-13-27-23-17-9-11-19(25)15-7-8-16-20(26)12-10-18(22(16)21(15)17)24(23)28-14-6-4-2/h7-12H,3-6,13-14H2,1-2H3. The highest BCUT2D eigenvalue weighted by molar-refractivity contribution is 9.11. The maximum atomic E-state index is 6.34. The van der Waals surface area contributed by atoms with Crippen LogP contribution in [-0.2, 0) is 0 Å². The average Bonchev–Trinajstić information content (AvgIpc) is 2.70. The normalized spacial score (nSPS) is 11.7. The lowest BCUT2D eigenvalue weighted by molar-refractivity contribution is 0.267. The first-order valence-electron chi connectivity index (χ1n) is 10.0. The van der Waals surface area contributed by atoms with Crippen LogP contribution in [0.2, 0.25) is 0 Å². The van der Waals surface area contributed by atoms with Crippen molar-refractivity contribution in [3.05, 3.63) is 45.3 Å². The summed E-state index contributed by atoms with van der Waals surface area (Å²) in [7, 11) is 0. The van der Waals surface area contributed by atoms with E-state index >= 15 is 0 Å². The van der Waals surface area contributed by atoms with Gasteiger partial charge in [0.15, 0.2) is 11.5 Å². The van der Waals surface area contributed by atoms with Crippen molar-refractivity contribution in [3.8, 4) is 11.5 Å². The molecule has 0 atom stereocenters. The van der Waals surface area contributed by atoms with Gasteiger partial charge in [-0.3, -0.25) is 0 Å². The Bertz CT molecular complexity index is 1030. The van der Waals surface area contributed by atoms with Crippen molar-refractivity contribution in [1.82, 2.24) is 0 Å². The Kier molecular flexibility index (Phi) is 5.98. The molecule has 146 valence electrons. The third kappa shape index (κ3) is 3.35. The zero-order valence-electron chi connectivity index (χ0n) is 16.3. The highest BCUT2D eigenvalue weighted by Gasteiger charge is 2.21. The van der Waals surface area contributed by atoms with E-state index in [1.54, 1.807) is 0 Å². The van der Waals surface area contributed by atoms with Crippen LogP contribution in [0.4, 0.5) is 0 Å². The first-order chi connectivity index (χ1) is 13.7. The van der Waals surface area contributed by atoms with Crippen LogP contribution in [0.1, 0.15) is 39.5 Å². The maximum Gasteiger partial charge on any atom is 0.169 e. The Morgan fingerprint density at radius 2 is 1.00 bits per heavy atom. The molecule has 0 spiro atoms. The van der Waals surface area contributed by atoms with Crippen LogP contribution in [0.15, 0.2) is 45.3 Å². The van der Waals surface area contributed by atoms with Crippen LogP contribution < -0.4 is 9.47 Å². The number of ether oxygens (including phenoxy) is 2. The molecule has 0 aliphatic carbocycles. The van der Waals surface area contributed by atoms with Crippen LogP contribution in [0.5, 0.6) is 11.5 Å². The number of hydrogen-bond donors (Lipinski definition) is 0. The summed E-state index contributed by atoms with van der Waals surface area (Å²) in [5, 5.41) is 7.12. The quantitative estimate of drug-likeness (QED) is 0.177. The zero-order valence-corrected chi connectivity index (χ0v) is 19.5. The Hall–Kier alpha value is -1.52. The zero-order chi connectivity index (χ0) is 19.7. The number of rotatable bonds is 8. The van der Waals surface area contributed by atoms with Gasteiger partial charge >= 0.3 is 0 Å². The minimum Gasteiger partial charge on any atom is -0.489 e. The van der Waals surface area contributed by atoms with Gasteiger partial charge in [0, 0.05) is 30.5 Å². The van der Waals surface area contributed by atoms with Crippen molar-refractivity contribution in [3.63, 3.8) is 0 Å². The second-order valence-corrected chi connectivity index (χ2v) is 8.87. The summed E-state index contributed by atoms with van der Waals surface area (Å²) in [5.74, 6) is 1.76. The fourth-order valence-corrected chi connectivity index (χ4v) is 4.69. The maximum absolute atomic E-state index is 6.34. The predicted octanol–water partition coefficient (Wildman–Crippen LogP) is 8.47. The lowest BCUT2D eigenvalue weighted by Gasteiger charge is -2.21. The molecule has 0 aromatic heterocycles. The molecule has 0 saturated heterocycles. The lowest BCUT2D eigenvalue weighted by atomic mass is 9.93. The minimum atomic E-state index is 0.700. The number of hydrogen-bond acceptors (Lipinski definition) is 2. The summed E-state index contributed by atoms with van der Waals surface area (Å²) in [6, 6.07) is 12.9. The second kappa shape index (κ2) is 8.46. The van der Waals surface area contributed by atoms with Gasteiger partial charge in [-0.1, -0.05) is 70.7 Å². The second-order valence-electron chi connectivity index (χ2n) is 7.16. The molecule has 4 aromatic rings. The van der Waals surface area contributed by atoms with Crippen molar-refractivity contribution in [1.29, 1.82) is 0 Å². The largest absolute Gasteiger partial charge is 0.489 e. The van der Waals surface area contributed by atoms with E-state index in [1.807, 2.05) is 0 Å². The average molecular weight is 504 g/mol. The van der Waals surface area contributed by atoms with E-state index in [-0.39, 0.29) is 0 Å². The van der Waals surface area contributed by atoms with E-state index in [2.05, 4.69) is 82.1 Å². The molecule has 0 aliphatic heterocycles. The summed E-state index contributed by atoms with van der Waals surface area (Å²) in [6.07, 6.45) is 4.27. The van der Waals surface area contributed by atoms with Crippen LogP contribution in [-0.4, -0.2) is 13.2 Å². The van der Waals surface area contributed by atoms with Gasteiger partial charge in [0.2, 0.25) is 0 Å². The van der Waals surface area contributed by atoms with Gasteiger partial charge in [-0.2, -0.15) is 0 Å². The van der Waals surface area contributed by atoms with Crippen LogP contribution in [0, 0.1) is 0 Å². The summed E-state index contributed by atoms with van der Waals surface area (Å²) in [6.45, 7) is 5.77. The van der Waals surface area contributed by atoms with Crippen molar-refractivity contribution in [2.75, 3.05) is 13.2 Å². The lowest BCUT2D eigenvalue weighted by Crippen LogP contribution is -2.04. The topological polar surface area (TPSA) is 18.5 Å². The molecule has 0 unspecified atom stereocenters. The van der Waals surface area contributed by atoms with Crippen LogP contribution in [0.25, 0.3) is 32.3 Å². The third-order valence-corrected chi connectivity index (χ3v) is 6.62. The van der Waals surface area contributed by atoms with Gasteiger partial charge in [-0.15, -0.1) is 0 Å². The van der Waals surface area contributed by atoms with Gasteiger partial charge in [0.1, 0.15) is 0 Å². The molecule has 0 radical (unpaired) electrons. The molecule has 28 heavy (non-hydrogen) atoms. The van der Waals surface area contributed by atoms with E-state index in [1.165, 1.54) is 21.5 Å². The van der Waals surface area contributed by atoms with Crippen LogP contribution >= 0.6 is 31.9 Å². The summed E-state index contributed by atoms with van der Waals surface area (Å²) < 4.78 is 14.9. The van der Waals surface area contributed by atoms with Gasteiger partial charge in [0.25, 0.3) is 0 Å². The van der Waals surface area contributed by atoms with Crippen molar-refractivity contribution in [2.24, 2.45) is 0 Å². The molecule has 4 rings (SSSR count). The molecule has 0 amide bonds. The van der Waals surface area contributed by atoms with E-state index < -0.39 is 0 Å². The first kappa shape index (κ1) is 19.8. The number of halogens is 2. The molecular formula is C24H24Br2O2. The smallest absolute Gasteiger partial charge is 0.169 e. The molecule has 0 aliphatic rings. The van der Waals surface area contributed by atoms with Crippen molar-refractivity contribution in [2.45, 2.75) is 39.5 Å². The van der Waals surface area contributed by atoms with Crippen LogP contribution in [0.3, 0.4) is 0 Å². The number of unbranched alkanes of at least 4 members (excludes halogenated alkanes) is 2. The fourth-order valence-electron chi connectivity index (χ4n) is 3.77. The molecular weight excluding hydrogens is 480 g/mol. The summed E-state index contributed by atoms with van der Waals surface area (Å²) in [4.78, 5) is 0. The SMILES string of the molecule is CCCCOc1c(OCCCC)c2ccc(Br)c3ccc4c(Br)ccc1c4c32. The molecule has 4 aromatic carbocycles. The Morgan fingerprint density at radius 1 is 0.607 bits per heavy atom. The van der Waals surface area contributed by atoms with Gasteiger partial charge in [0.05, 0.1) is 13.2 Å². The molecule has 0 N–H and O–H groups in total. The summed E-state index contributed by atoms with van der Waals surface area (Å²) >= 11 is 7.47. The third-order valence-electron chi connectivity index (χ3n) is 5.24. The Morgan fingerprint density at radius 3 is 1.39 bits per heavy atom. The molecule has 0 heterocycles. The monoisotopic (exact) mass is 502 g/mol. The highest BCUT2D eigenvalue weighted by atomic mass is 79.9. The molecule has 2 nitrogen and oxygen atoms in total. The fraction of sp³-hybridized carbons (Fsp3) is 0.333. The predicted molar refractivity (Wildman–Crippen MR) is 126 cm³/mol. The molecule has 4 heteroatoms. The Balaban J connectivity index is 2.07. The van der Waals surface area contributed by atoms with E-state index in [9.17, 15) is 0 Å². The molecule has 0 bridgehead atoms. The van der Waals surface area contributed by atoms with E-state index in [4.69, 9.17) is 9.47 Å². The van der Waals surface area contributed by atoms with Gasteiger partial charge in [-0.05, 0) is 47.9 Å². The highest BCUT2D eigenvalue weighted by Crippen LogP contribution is 2.49. The summed E-state index contributed by atoms with van der Waals surface area (Å²) in [5.41, 5.74) is 0. The van der Waals surface area contributed by atoms with Gasteiger partial charge < -0.3 is 9.47 Å². The van der Waals surface area contributed by atoms with Crippen molar-refractivity contribution >= 4 is 64.2 Å². The van der Waals surface area contributed by atoms with E-state index in [0.29, 0.717) is 13.2 Å². The molecule has 0 fully saturated rings. The minimum absolute atomic E-state index is 0.700. The van der Waals surface area contributed by atoms with Crippen molar-refractivity contribution < 1.29 is 9.47 Å². The first-order valence-corrected chi connectivity index (χ1v) is 11.6. The van der Waals surface area contributed by atoms with Gasteiger partial charge in [-0.25, -0.2) is 0 Å². The number of benzene rings is 4. The molecule has 0 saturated carbocycles.